The summed E-state index contributed by atoms with van der Waals surface area (Å²) in [5, 5.41) is 3.80. The fraction of sp³-hybridized carbons (Fsp3) is 1.00. The summed E-state index contributed by atoms with van der Waals surface area (Å²) in [4.78, 5) is 0. The third kappa shape index (κ3) is 1.98. The zero-order valence-corrected chi connectivity index (χ0v) is 10.0. The van der Waals surface area contributed by atoms with E-state index >= 15 is 0 Å². The molecule has 0 aromatic heterocycles. The Morgan fingerprint density at radius 3 is 2.43 bits per heavy atom. The van der Waals surface area contributed by atoms with Gasteiger partial charge in [-0.25, -0.2) is 0 Å². The molecule has 1 saturated carbocycles. The molecule has 1 saturated heterocycles. The zero-order valence-electron chi connectivity index (χ0n) is 10.0. The Morgan fingerprint density at radius 2 is 1.93 bits per heavy atom. The van der Waals surface area contributed by atoms with Crippen LogP contribution in [-0.4, -0.2) is 12.1 Å². The van der Waals surface area contributed by atoms with Gasteiger partial charge >= 0.3 is 0 Å². The second kappa shape index (κ2) is 3.52. The second-order valence-corrected chi connectivity index (χ2v) is 6.47. The molecule has 0 aromatic carbocycles. The summed E-state index contributed by atoms with van der Waals surface area (Å²) in [5.41, 5.74) is 1.07. The smallest absolute Gasteiger partial charge is 0.0184 e. The normalized spacial score (nSPS) is 39.2. The van der Waals surface area contributed by atoms with Gasteiger partial charge in [-0.05, 0) is 50.0 Å². The lowest BCUT2D eigenvalue weighted by Gasteiger charge is -2.36. The maximum Gasteiger partial charge on any atom is 0.0184 e. The van der Waals surface area contributed by atoms with Gasteiger partial charge in [0.05, 0.1) is 0 Å². The highest BCUT2D eigenvalue weighted by Crippen LogP contribution is 2.46. The van der Waals surface area contributed by atoms with Crippen molar-refractivity contribution in [2.75, 3.05) is 6.54 Å². The molecule has 14 heavy (non-hydrogen) atoms. The van der Waals surface area contributed by atoms with Gasteiger partial charge in [0.25, 0.3) is 0 Å². The van der Waals surface area contributed by atoms with Crippen molar-refractivity contribution < 1.29 is 0 Å². The van der Waals surface area contributed by atoms with Crippen LogP contribution in [0, 0.1) is 11.3 Å². The molecule has 1 aliphatic heterocycles. The van der Waals surface area contributed by atoms with Gasteiger partial charge < -0.3 is 5.32 Å². The number of piperidine rings is 1. The van der Waals surface area contributed by atoms with E-state index in [2.05, 4.69) is 26.1 Å². The highest BCUT2D eigenvalue weighted by Gasteiger charge is 2.43. The van der Waals surface area contributed by atoms with Gasteiger partial charge in [0.1, 0.15) is 0 Å². The van der Waals surface area contributed by atoms with Crippen molar-refractivity contribution in [2.45, 2.75) is 64.8 Å². The lowest BCUT2D eigenvalue weighted by atomic mass is 9.77. The Balaban J connectivity index is 1.99. The van der Waals surface area contributed by atoms with Gasteiger partial charge in [0.15, 0.2) is 0 Å². The van der Waals surface area contributed by atoms with Crippen LogP contribution >= 0.6 is 0 Å². The largest absolute Gasteiger partial charge is 0.311 e. The standard InChI is InChI=1S/C13H25N/c1-12(2,3)11-6-8-13(10-11)7-4-5-9-14-13/h11,14H,4-10H2,1-3H3. The third-order valence-corrected chi connectivity index (χ3v) is 4.42. The van der Waals surface area contributed by atoms with Crippen LogP contribution in [0.5, 0.6) is 0 Å². The molecule has 2 atom stereocenters. The first-order chi connectivity index (χ1) is 6.52. The molecule has 2 aliphatic rings. The third-order valence-electron chi connectivity index (χ3n) is 4.42. The van der Waals surface area contributed by atoms with Crippen molar-refractivity contribution in [1.82, 2.24) is 5.32 Å². The summed E-state index contributed by atoms with van der Waals surface area (Å²) in [5.74, 6) is 0.938. The lowest BCUT2D eigenvalue weighted by molar-refractivity contribution is 0.201. The monoisotopic (exact) mass is 195 g/mol. The quantitative estimate of drug-likeness (QED) is 0.625. The highest BCUT2D eigenvalue weighted by atomic mass is 15.0. The molecule has 0 bridgehead atoms. The molecule has 1 heteroatoms. The van der Waals surface area contributed by atoms with Gasteiger partial charge in [-0.2, -0.15) is 0 Å². The molecule has 82 valence electrons. The first kappa shape index (κ1) is 10.5. The Hall–Kier alpha value is -0.0400. The second-order valence-electron chi connectivity index (χ2n) is 6.47. The van der Waals surface area contributed by atoms with Gasteiger partial charge in [-0.15, -0.1) is 0 Å². The average molecular weight is 195 g/mol. The summed E-state index contributed by atoms with van der Waals surface area (Å²) in [6.45, 7) is 8.47. The van der Waals surface area contributed by atoms with Crippen molar-refractivity contribution in [3.63, 3.8) is 0 Å². The first-order valence-corrected chi connectivity index (χ1v) is 6.27. The van der Waals surface area contributed by atoms with Crippen LogP contribution in [0.2, 0.25) is 0 Å². The Kier molecular flexibility index (Phi) is 2.63. The van der Waals surface area contributed by atoms with E-state index < -0.39 is 0 Å². The molecular formula is C13H25N. The molecule has 0 radical (unpaired) electrons. The van der Waals surface area contributed by atoms with Crippen LogP contribution in [0.4, 0.5) is 0 Å². The molecule has 0 aromatic rings. The van der Waals surface area contributed by atoms with Crippen molar-refractivity contribution >= 4 is 0 Å². The highest BCUT2D eigenvalue weighted by molar-refractivity contribution is 5.00. The van der Waals surface area contributed by atoms with E-state index in [1.54, 1.807) is 0 Å². The predicted octanol–water partition coefficient (Wildman–Crippen LogP) is 3.34. The molecule has 1 aliphatic carbocycles. The minimum Gasteiger partial charge on any atom is -0.311 e. The van der Waals surface area contributed by atoms with E-state index in [4.69, 9.17) is 0 Å². The van der Waals surface area contributed by atoms with Gasteiger partial charge in [-0.3, -0.25) is 0 Å². The summed E-state index contributed by atoms with van der Waals surface area (Å²) >= 11 is 0. The predicted molar refractivity (Wildman–Crippen MR) is 61.4 cm³/mol. The van der Waals surface area contributed by atoms with Crippen LogP contribution in [0.1, 0.15) is 59.3 Å². The van der Waals surface area contributed by atoms with E-state index in [0.717, 1.165) is 5.92 Å². The van der Waals surface area contributed by atoms with Crippen LogP contribution in [-0.2, 0) is 0 Å². The van der Waals surface area contributed by atoms with E-state index in [-0.39, 0.29) is 0 Å². The van der Waals surface area contributed by atoms with E-state index in [9.17, 15) is 0 Å². The molecule has 1 nitrogen and oxygen atoms in total. The van der Waals surface area contributed by atoms with Gasteiger partial charge in [0.2, 0.25) is 0 Å². The number of hydrogen-bond donors (Lipinski definition) is 1. The number of nitrogens with one attached hydrogen (secondary N) is 1. The minimum atomic E-state index is 0.516. The van der Waals surface area contributed by atoms with E-state index in [0.29, 0.717) is 11.0 Å². The SMILES string of the molecule is CC(C)(C)C1CCC2(CCCCN2)C1. The van der Waals surface area contributed by atoms with E-state index in [1.165, 1.54) is 45.1 Å². The minimum absolute atomic E-state index is 0.516. The summed E-state index contributed by atoms with van der Waals surface area (Å²) in [6, 6.07) is 0. The molecule has 2 rings (SSSR count). The maximum absolute atomic E-state index is 3.80. The van der Waals surface area contributed by atoms with Gasteiger partial charge in [0, 0.05) is 5.54 Å². The fourth-order valence-corrected chi connectivity index (χ4v) is 3.28. The summed E-state index contributed by atoms with van der Waals surface area (Å²) in [7, 11) is 0. The topological polar surface area (TPSA) is 12.0 Å². The van der Waals surface area contributed by atoms with Crippen LogP contribution in [0.15, 0.2) is 0 Å². The Morgan fingerprint density at radius 1 is 1.14 bits per heavy atom. The first-order valence-electron chi connectivity index (χ1n) is 6.27. The van der Waals surface area contributed by atoms with Crippen molar-refractivity contribution in [3.05, 3.63) is 0 Å². The Labute approximate surface area is 88.7 Å². The van der Waals surface area contributed by atoms with Crippen LogP contribution < -0.4 is 5.32 Å². The molecule has 0 amide bonds. The van der Waals surface area contributed by atoms with Crippen LogP contribution in [0.3, 0.4) is 0 Å². The summed E-state index contributed by atoms with van der Waals surface area (Å²) in [6.07, 6.45) is 8.56. The maximum atomic E-state index is 3.80. The van der Waals surface area contributed by atoms with E-state index in [1.807, 2.05) is 0 Å². The van der Waals surface area contributed by atoms with Crippen molar-refractivity contribution in [3.8, 4) is 0 Å². The molecule has 2 unspecified atom stereocenters. The molecular weight excluding hydrogens is 170 g/mol. The number of hydrogen-bond acceptors (Lipinski definition) is 1. The van der Waals surface area contributed by atoms with Crippen molar-refractivity contribution in [1.29, 1.82) is 0 Å². The Bertz CT molecular complexity index is 196. The molecule has 2 fully saturated rings. The number of rotatable bonds is 0. The molecule has 1 N–H and O–H groups in total. The lowest BCUT2D eigenvalue weighted by Crippen LogP contribution is -2.46. The van der Waals surface area contributed by atoms with Gasteiger partial charge in [-0.1, -0.05) is 27.2 Å². The summed E-state index contributed by atoms with van der Waals surface area (Å²) < 4.78 is 0. The average Bonchev–Trinajstić information content (AvgIpc) is 2.50. The molecule has 1 spiro atoms. The fourth-order valence-electron chi connectivity index (χ4n) is 3.28. The molecule has 1 heterocycles. The van der Waals surface area contributed by atoms with Crippen molar-refractivity contribution in [2.24, 2.45) is 11.3 Å². The van der Waals surface area contributed by atoms with Crippen LogP contribution in [0.25, 0.3) is 0 Å². The zero-order chi connectivity index (χ0) is 10.2.